The zero-order valence-corrected chi connectivity index (χ0v) is 12.2. The Bertz CT molecular complexity index is 405. The van der Waals surface area contributed by atoms with Crippen LogP contribution in [0.1, 0.15) is 38.2 Å². The van der Waals surface area contributed by atoms with Crippen molar-refractivity contribution in [1.82, 2.24) is 0 Å². The van der Waals surface area contributed by atoms with Crippen LogP contribution in [0.4, 0.5) is 8.78 Å². The molecule has 1 saturated carbocycles. The van der Waals surface area contributed by atoms with Crippen LogP contribution in [0.15, 0.2) is 18.2 Å². The van der Waals surface area contributed by atoms with E-state index in [4.69, 9.17) is 0 Å². The molecule has 18 heavy (non-hydrogen) atoms. The lowest BCUT2D eigenvalue weighted by Crippen LogP contribution is -2.27. The van der Waals surface area contributed by atoms with E-state index in [1.54, 1.807) is 12.1 Å². The highest BCUT2D eigenvalue weighted by molar-refractivity contribution is 9.09. The molecular weight excluding hydrogens is 298 g/mol. The van der Waals surface area contributed by atoms with Gasteiger partial charge in [-0.2, -0.15) is 0 Å². The van der Waals surface area contributed by atoms with Gasteiger partial charge >= 0.3 is 0 Å². The minimum atomic E-state index is -0.735. The third kappa shape index (κ3) is 3.11. The number of benzene rings is 1. The molecular formula is C15H19BrF2. The molecule has 0 aliphatic heterocycles. The van der Waals surface area contributed by atoms with Crippen LogP contribution in [0.2, 0.25) is 0 Å². The van der Waals surface area contributed by atoms with Crippen molar-refractivity contribution in [3.63, 3.8) is 0 Å². The van der Waals surface area contributed by atoms with Gasteiger partial charge < -0.3 is 0 Å². The molecule has 0 bridgehead atoms. The van der Waals surface area contributed by atoms with Gasteiger partial charge in [-0.05, 0) is 49.1 Å². The number of hydrogen-bond donors (Lipinski definition) is 0. The van der Waals surface area contributed by atoms with Crippen molar-refractivity contribution in [3.05, 3.63) is 35.4 Å². The van der Waals surface area contributed by atoms with Gasteiger partial charge in [0.15, 0.2) is 11.6 Å². The molecule has 0 amide bonds. The second-order valence-electron chi connectivity index (χ2n) is 5.28. The summed E-state index contributed by atoms with van der Waals surface area (Å²) in [6.07, 6.45) is 5.31. The van der Waals surface area contributed by atoms with E-state index in [-0.39, 0.29) is 0 Å². The van der Waals surface area contributed by atoms with Crippen LogP contribution < -0.4 is 0 Å². The van der Waals surface area contributed by atoms with Crippen LogP contribution in [0, 0.1) is 23.5 Å². The molecule has 3 heteroatoms. The van der Waals surface area contributed by atoms with Crippen molar-refractivity contribution in [2.75, 3.05) is 0 Å². The van der Waals surface area contributed by atoms with Gasteiger partial charge in [-0.3, -0.25) is 0 Å². The van der Waals surface area contributed by atoms with Crippen LogP contribution in [0.25, 0.3) is 0 Å². The molecule has 1 aromatic rings. The quantitative estimate of drug-likeness (QED) is 0.681. The van der Waals surface area contributed by atoms with Crippen LogP contribution in [-0.4, -0.2) is 4.83 Å². The highest BCUT2D eigenvalue weighted by atomic mass is 79.9. The van der Waals surface area contributed by atoms with Gasteiger partial charge in [-0.25, -0.2) is 8.78 Å². The summed E-state index contributed by atoms with van der Waals surface area (Å²) in [5.74, 6) is -0.252. The van der Waals surface area contributed by atoms with Crippen LogP contribution in [0.5, 0.6) is 0 Å². The topological polar surface area (TPSA) is 0 Å². The van der Waals surface area contributed by atoms with Crippen molar-refractivity contribution >= 4 is 15.9 Å². The maximum atomic E-state index is 13.7. The smallest absolute Gasteiger partial charge is 0.162 e. The summed E-state index contributed by atoms with van der Waals surface area (Å²) in [5, 5.41) is 0. The summed E-state index contributed by atoms with van der Waals surface area (Å²) in [5.41, 5.74) is 0.515. The predicted molar refractivity (Wildman–Crippen MR) is 73.9 cm³/mol. The molecule has 1 aliphatic carbocycles. The average Bonchev–Trinajstić information content (AvgIpc) is 2.37. The maximum Gasteiger partial charge on any atom is 0.162 e. The summed E-state index contributed by atoms with van der Waals surface area (Å²) in [7, 11) is 0. The first-order valence-electron chi connectivity index (χ1n) is 6.68. The molecule has 3 atom stereocenters. The van der Waals surface area contributed by atoms with Gasteiger partial charge in [0.25, 0.3) is 0 Å². The molecule has 0 aromatic heterocycles. The van der Waals surface area contributed by atoms with Gasteiger partial charge in [0.1, 0.15) is 0 Å². The molecule has 0 N–H and O–H groups in total. The molecule has 2 rings (SSSR count). The molecule has 100 valence electrons. The fraction of sp³-hybridized carbons (Fsp3) is 0.600. The molecule has 1 fully saturated rings. The Balaban J connectivity index is 2.09. The molecule has 0 nitrogen and oxygen atoms in total. The van der Waals surface area contributed by atoms with Crippen molar-refractivity contribution in [2.24, 2.45) is 11.8 Å². The van der Waals surface area contributed by atoms with E-state index in [2.05, 4.69) is 22.9 Å². The number of halogens is 3. The van der Waals surface area contributed by atoms with E-state index in [0.717, 1.165) is 18.8 Å². The predicted octanol–water partition coefficient (Wildman–Crippen LogP) is 5.10. The van der Waals surface area contributed by atoms with Gasteiger partial charge in [0, 0.05) is 4.83 Å². The second kappa shape index (κ2) is 6.14. The van der Waals surface area contributed by atoms with Crippen LogP contribution in [0.3, 0.4) is 0 Å². The highest BCUT2D eigenvalue weighted by Crippen LogP contribution is 2.37. The number of alkyl halides is 1. The van der Waals surface area contributed by atoms with Gasteiger partial charge in [0.05, 0.1) is 0 Å². The normalized spacial score (nSPS) is 28.3. The monoisotopic (exact) mass is 316 g/mol. The van der Waals surface area contributed by atoms with Gasteiger partial charge in [-0.1, -0.05) is 41.4 Å². The molecule has 0 saturated heterocycles. The zero-order chi connectivity index (χ0) is 13.1. The Kier molecular flexibility index (Phi) is 4.77. The summed E-state index contributed by atoms with van der Waals surface area (Å²) < 4.78 is 26.9. The lowest BCUT2D eigenvalue weighted by molar-refractivity contribution is 0.269. The first-order chi connectivity index (χ1) is 8.61. The Morgan fingerprint density at radius 3 is 2.78 bits per heavy atom. The molecule has 0 spiro atoms. The van der Waals surface area contributed by atoms with E-state index in [1.165, 1.54) is 18.9 Å². The first-order valence-corrected chi connectivity index (χ1v) is 7.60. The second-order valence-corrected chi connectivity index (χ2v) is 6.46. The molecule has 0 radical (unpaired) electrons. The highest BCUT2D eigenvalue weighted by Gasteiger charge is 2.28. The molecule has 1 aliphatic rings. The van der Waals surface area contributed by atoms with E-state index < -0.39 is 11.6 Å². The van der Waals surface area contributed by atoms with Crippen LogP contribution >= 0.6 is 15.9 Å². The van der Waals surface area contributed by atoms with Gasteiger partial charge in [-0.15, -0.1) is 0 Å². The third-order valence-electron chi connectivity index (χ3n) is 4.09. The lowest BCUT2D eigenvalue weighted by atomic mass is 9.77. The Hall–Kier alpha value is -0.440. The summed E-state index contributed by atoms with van der Waals surface area (Å²) in [4.78, 5) is 0.433. The standard InChI is InChI=1S/C15H19BrF2/c1-2-10-6-7-13(16)12(8-10)9-11-4-3-5-14(17)15(11)18/h3-5,10,12-13H,2,6-9H2,1H3. The zero-order valence-electron chi connectivity index (χ0n) is 10.6. The van der Waals surface area contributed by atoms with Crippen molar-refractivity contribution < 1.29 is 8.78 Å². The largest absolute Gasteiger partial charge is 0.204 e. The Morgan fingerprint density at radius 1 is 1.28 bits per heavy atom. The average molecular weight is 317 g/mol. The van der Waals surface area contributed by atoms with Crippen molar-refractivity contribution in [2.45, 2.75) is 43.9 Å². The molecule has 0 heterocycles. The van der Waals surface area contributed by atoms with E-state index in [0.29, 0.717) is 22.7 Å². The van der Waals surface area contributed by atoms with E-state index >= 15 is 0 Å². The van der Waals surface area contributed by atoms with E-state index in [1.807, 2.05) is 0 Å². The first kappa shape index (κ1) is 14.0. The maximum absolute atomic E-state index is 13.7. The minimum Gasteiger partial charge on any atom is -0.204 e. The summed E-state index contributed by atoms with van der Waals surface area (Å²) in [6.45, 7) is 2.21. The lowest BCUT2D eigenvalue weighted by Gasteiger charge is -2.33. The number of hydrogen-bond acceptors (Lipinski definition) is 0. The van der Waals surface area contributed by atoms with Crippen molar-refractivity contribution in [1.29, 1.82) is 0 Å². The fourth-order valence-corrected chi connectivity index (χ4v) is 3.56. The molecule has 1 aromatic carbocycles. The van der Waals surface area contributed by atoms with Gasteiger partial charge in [0.2, 0.25) is 0 Å². The number of rotatable bonds is 3. The SMILES string of the molecule is CCC1CCC(Br)C(Cc2cccc(F)c2F)C1. The third-order valence-corrected chi connectivity index (χ3v) is 5.29. The summed E-state index contributed by atoms with van der Waals surface area (Å²) in [6, 6.07) is 4.48. The fourth-order valence-electron chi connectivity index (χ4n) is 2.89. The minimum absolute atomic E-state index is 0.417. The molecule has 3 unspecified atom stereocenters. The van der Waals surface area contributed by atoms with Crippen LogP contribution in [-0.2, 0) is 6.42 Å². The Labute approximate surface area is 116 Å². The Morgan fingerprint density at radius 2 is 2.06 bits per heavy atom. The van der Waals surface area contributed by atoms with Crippen molar-refractivity contribution in [3.8, 4) is 0 Å². The van der Waals surface area contributed by atoms with E-state index in [9.17, 15) is 8.78 Å². The summed E-state index contributed by atoms with van der Waals surface area (Å²) >= 11 is 3.70.